The molecule has 1 aromatic rings. The molecule has 0 bridgehead atoms. The molecule has 4 nitrogen and oxygen atoms in total. The van der Waals surface area contributed by atoms with E-state index in [1.54, 1.807) is 17.3 Å². The van der Waals surface area contributed by atoms with E-state index in [1.807, 2.05) is 6.92 Å². The molecule has 1 aliphatic heterocycles. The molecule has 1 unspecified atom stereocenters. The number of aryl methyl sites for hydroxylation is 1. The Bertz CT molecular complexity index is 352. The summed E-state index contributed by atoms with van der Waals surface area (Å²) in [5.41, 5.74) is 0.989. The van der Waals surface area contributed by atoms with Crippen LogP contribution in [0.3, 0.4) is 0 Å². The highest BCUT2D eigenvalue weighted by molar-refractivity contribution is 7.81. The number of aromatic nitrogens is 2. The van der Waals surface area contributed by atoms with Gasteiger partial charge in [0.15, 0.2) is 0 Å². The molecule has 74 valence electrons. The zero-order valence-electron chi connectivity index (χ0n) is 7.84. The van der Waals surface area contributed by atoms with Crippen molar-refractivity contribution in [3.8, 4) is 0 Å². The number of anilines is 1. The Hall–Kier alpha value is -1.10. The molecule has 1 aromatic heterocycles. The summed E-state index contributed by atoms with van der Waals surface area (Å²) in [4.78, 5) is 21.3. The molecule has 0 radical (unpaired) electrons. The van der Waals surface area contributed by atoms with Crippen LogP contribution in [0.2, 0.25) is 0 Å². The lowest BCUT2D eigenvalue weighted by atomic mass is 10.4. The first kappa shape index (κ1) is 9.45. The number of nitrogens with zero attached hydrogens (tertiary/aromatic N) is 3. The lowest BCUT2D eigenvalue weighted by molar-refractivity contribution is -0.117. The van der Waals surface area contributed by atoms with Crippen LogP contribution in [-0.4, -0.2) is 27.7 Å². The van der Waals surface area contributed by atoms with Crippen molar-refractivity contribution in [1.29, 1.82) is 0 Å². The van der Waals surface area contributed by atoms with Crippen LogP contribution in [0.4, 0.5) is 5.95 Å². The molecule has 1 saturated heterocycles. The lowest BCUT2D eigenvalue weighted by Gasteiger charge is -2.12. The second-order valence-corrected chi connectivity index (χ2v) is 4.15. The van der Waals surface area contributed by atoms with Gasteiger partial charge in [-0.1, -0.05) is 0 Å². The van der Waals surface area contributed by atoms with Crippen LogP contribution in [-0.2, 0) is 4.79 Å². The molecular formula is C9H11N3OS. The Kier molecular flexibility index (Phi) is 2.41. The average molecular weight is 209 g/mol. The van der Waals surface area contributed by atoms with E-state index in [9.17, 15) is 4.79 Å². The summed E-state index contributed by atoms with van der Waals surface area (Å²) in [6.07, 6.45) is 3.89. The molecule has 2 rings (SSSR count). The minimum Gasteiger partial charge on any atom is -0.280 e. The van der Waals surface area contributed by atoms with Gasteiger partial charge in [-0.3, -0.25) is 9.69 Å². The van der Waals surface area contributed by atoms with Crippen molar-refractivity contribution in [2.75, 3.05) is 11.4 Å². The van der Waals surface area contributed by atoms with E-state index in [4.69, 9.17) is 0 Å². The first-order chi connectivity index (χ1) is 6.66. The molecule has 1 fully saturated rings. The summed E-state index contributed by atoms with van der Waals surface area (Å²) < 4.78 is 0. The first-order valence-electron chi connectivity index (χ1n) is 4.44. The van der Waals surface area contributed by atoms with Crippen LogP contribution in [0.1, 0.15) is 12.0 Å². The predicted molar refractivity (Wildman–Crippen MR) is 56.5 cm³/mol. The highest BCUT2D eigenvalue weighted by Gasteiger charge is 2.29. The number of carbonyl (C=O) groups is 1. The summed E-state index contributed by atoms with van der Waals surface area (Å²) >= 11 is 4.26. The van der Waals surface area contributed by atoms with E-state index in [0.717, 1.165) is 5.56 Å². The number of amides is 1. The molecule has 0 aliphatic carbocycles. The Morgan fingerprint density at radius 2 is 2.14 bits per heavy atom. The molecule has 0 aromatic carbocycles. The van der Waals surface area contributed by atoms with E-state index in [2.05, 4.69) is 22.6 Å². The van der Waals surface area contributed by atoms with E-state index < -0.39 is 0 Å². The topological polar surface area (TPSA) is 46.1 Å². The first-order valence-corrected chi connectivity index (χ1v) is 4.95. The fourth-order valence-corrected chi connectivity index (χ4v) is 1.73. The van der Waals surface area contributed by atoms with Gasteiger partial charge in [-0.25, -0.2) is 9.97 Å². The van der Waals surface area contributed by atoms with E-state index >= 15 is 0 Å². The molecule has 0 spiro atoms. The highest BCUT2D eigenvalue weighted by atomic mass is 32.1. The van der Waals surface area contributed by atoms with Crippen molar-refractivity contribution in [3.05, 3.63) is 18.0 Å². The monoisotopic (exact) mass is 209 g/mol. The van der Waals surface area contributed by atoms with Crippen LogP contribution < -0.4 is 4.90 Å². The Labute approximate surface area is 87.8 Å². The van der Waals surface area contributed by atoms with E-state index in [-0.39, 0.29) is 11.2 Å². The summed E-state index contributed by atoms with van der Waals surface area (Å²) in [6, 6.07) is 0. The van der Waals surface area contributed by atoms with Crippen molar-refractivity contribution in [2.24, 2.45) is 0 Å². The smallest absolute Gasteiger partial charge is 0.232 e. The van der Waals surface area contributed by atoms with E-state index in [1.165, 1.54) is 0 Å². The number of carbonyl (C=O) groups excluding carboxylic acids is 1. The maximum atomic E-state index is 11.5. The van der Waals surface area contributed by atoms with Gasteiger partial charge in [0.1, 0.15) is 0 Å². The lowest BCUT2D eigenvalue weighted by Crippen LogP contribution is -2.26. The zero-order chi connectivity index (χ0) is 10.1. The second kappa shape index (κ2) is 3.57. The van der Waals surface area contributed by atoms with Gasteiger partial charge in [0, 0.05) is 30.6 Å². The predicted octanol–water partition coefficient (Wildman–Crippen LogP) is 0.820. The van der Waals surface area contributed by atoms with Crippen LogP contribution in [0, 0.1) is 6.92 Å². The van der Waals surface area contributed by atoms with Gasteiger partial charge in [-0.2, -0.15) is 12.6 Å². The molecule has 14 heavy (non-hydrogen) atoms. The SMILES string of the molecule is Cc1cnc(N2CC(S)CC2=O)nc1. The molecule has 1 amide bonds. The summed E-state index contributed by atoms with van der Waals surface area (Å²) in [5, 5.41) is 0.104. The van der Waals surface area contributed by atoms with Crippen LogP contribution in [0.5, 0.6) is 0 Å². The fraction of sp³-hybridized carbons (Fsp3) is 0.444. The van der Waals surface area contributed by atoms with Crippen LogP contribution in [0.15, 0.2) is 12.4 Å². The average Bonchev–Trinajstić information content (AvgIpc) is 2.47. The molecule has 5 heteroatoms. The van der Waals surface area contributed by atoms with Gasteiger partial charge in [0.2, 0.25) is 11.9 Å². The summed E-state index contributed by atoms with van der Waals surface area (Å²) in [7, 11) is 0. The molecule has 1 atom stereocenters. The minimum atomic E-state index is 0.0499. The van der Waals surface area contributed by atoms with Crippen molar-refractivity contribution in [1.82, 2.24) is 9.97 Å². The molecular weight excluding hydrogens is 198 g/mol. The quantitative estimate of drug-likeness (QED) is 0.696. The second-order valence-electron chi connectivity index (χ2n) is 3.42. The third kappa shape index (κ3) is 1.72. The van der Waals surface area contributed by atoms with Gasteiger partial charge in [0.25, 0.3) is 0 Å². The Balaban J connectivity index is 2.23. The number of hydrogen-bond acceptors (Lipinski definition) is 4. The minimum absolute atomic E-state index is 0.0499. The number of rotatable bonds is 1. The van der Waals surface area contributed by atoms with Crippen molar-refractivity contribution >= 4 is 24.5 Å². The fourth-order valence-electron chi connectivity index (χ4n) is 1.41. The van der Waals surface area contributed by atoms with Crippen LogP contribution >= 0.6 is 12.6 Å². The number of hydrogen-bond donors (Lipinski definition) is 1. The van der Waals surface area contributed by atoms with Gasteiger partial charge in [-0.05, 0) is 12.5 Å². The third-order valence-corrected chi connectivity index (χ3v) is 2.46. The van der Waals surface area contributed by atoms with Crippen molar-refractivity contribution in [2.45, 2.75) is 18.6 Å². The molecule has 0 saturated carbocycles. The standard InChI is InChI=1S/C9H11N3OS/c1-6-3-10-9(11-4-6)12-5-7(14)2-8(12)13/h3-4,7,14H,2,5H2,1H3. The summed E-state index contributed by atoms with van der Waals surface area (Å²) in [6.45, 7) is 2.52. The van der Waals surface area contributed by atoms with Gasteiger partial charge >= 0.3 is 0 Å². The molecule has 0 N–H and O–H groups in total. The normalized spacial score (nSPS) is 21.7. The van der Waals surface area contributed by atoms with Crippen LogP contribution in [0.25, 0.3) is 0 Å². The summed E-state index contributed by atoms with van der Waals surface area (Å²) in [5.74, 6) is 0.533. The Morgan fingerprint density at radius 1 is 1.50 bits per heavy atom. The Morgan fingerprint density at radius 3 is 2.64 bits per heavy atom. The highest BCUT2D eigenvalue weighted by Crippen LogP contribution is 2.20. The molecule has 2 heterocycles. The molecule has 1 aliphatic rings. The maximum absolute atomic E-state index is 11.5. The van der Waals surface area contributed by atoms with E-state index in [0.29, 0.717) is 18.9 Å². The number of thiol groups is 1. The van der Waals surface area contributed by atoms with Crippen molar-refractivity contribution in [3.63, 3.8) is 0 Å². The maximum Gasteiger partial charge on any atom is 0.232 e. The zero-order valence-corrected chi connectivity index (χ0v) is 8.74. The van der Waals surface area contributed by atoms with Gasteiger partial charge < -0.3 is 0 Å². The van der Waals surface area contributed by atoms with Crippen molar-refractivity contribution < 1.29 is 4.79 Å². The van der Waals surface area contributed by atoms with Gasteiger partial charge in [-0.15, -0.1) is 0 Å². The largest absolute Gasteiger partial charge is 0.280 e. The third-order valence-electron chi connectivity index (χ3n) is 2.11. The van der Waals surface area contributed by atoms with Gasteiger partial charge in [0.05, 0.1) is 0 Å².